The van der Waals surface area contributed by atoms with E-state index in [0.29, 0.717) is 50.7 Å². The monoisotopic (exact) mass is 1310 g/mol. The van der Waals surface area contributed by atoms with Gasteiger partial charge in [0, 0.05) is 69.5 Å². The van der Waals surface area contributed by atoms with Gasteiger partial charge in [-0.2, -0.15) is 4.99 Å². The van der Waals surface area contributed by atoms with Crippen molar-refractivity contribution in [1.82, 2.24) is 20.0 Å². The molecule has 4 aliphatic heterocycles. The molecular weight excluding hydrogens is 1230 g/mol. The average molecular weight is 1320 g/mol. The van der Waals surface area contributed by atoms with Gasteiger partial charge < -0.3 is 37.1 Å². The molecule has 4 aliphatic rings. The number of isocyanates is 1. The summed E-state index contributed by atoms with van der Waals surface area (Å²) < 4.78 is 5.21. The quantitative estimate of drug-likeness (QED) is 0.0222. The van der Waals surface area contributed by atoms with Gasteiger partial charge in [-0.25, -0.2) is 14.4 Å². The number of nitrogen functional groups attached to an aromatic ring is 2. The molecule has 4 amide bonds. The zero-order valence-corrected chi connectivity index (χ0v) is 55.0. The third-order valence-corrected chi connectivity index (χ3v) is 16.7. The van der Waals surface area contributed by atoms with Crippen LogP contribution in [0.5, 0.6) is 0 Å². The Labute approximate surface area is 562 Å². The molecule has 8 aromatic rings. The molecule has 8 N–H and O–H groups in total. The third kappa shape index (κ3) is 21.6. The highest BCUT2D eigenvalue weighted by Gasteiger charge is 2.45. The maximum absolute atomic E-state index is 13.1. The Morgan fingerprint density at radius 3 is 1.62 bits per heavy atom. The van der Waals surface area contributed by atoms with E-state index >= 15 is 0 Å². The van der Waals surface area contributed by atoms with Crippen LogP contribution in [0, 0.1) is 10.8 Å². The number of hydrogen-bond donors (Lipinski definition) is 6. The predicted molar refractivity (Wildman–Crippen MR) is 380 cm³/mol. The Hall–Kier alpha value is -8.83. The molecule has 8 aromatic carbocycles. The van der Waals surface area contributed by atoms with Gasteiger partial charge in [0.1, 0.15) is 5.60 Å². The summed E-state index contributed by atoms with van der Waals surface area (Å²) >= 11 is 14.7. The Kier molecular flexibility index (Phi) is 25.7. The number of anilines is 5. The van der Waals surface area contributed by atoms with Gasteiger partial charge in [0.2, 0.25) is 6.08 Å². The van der Waals surface area contributed by atoms with Crippen LogP contribution in [-0.2, 0) is 22.6 Å². The smallest absolute Gasteiger partial charge is 0.412 e. The molecule has 93 heavy (non-hydrogen) atoms. The summed E-state index contributed by atoms with van der Waals surface area (Å²) in [5.74, 6) is -0.262. The number of carbonyl (C=O) groups excluding carboxylic acids is 5. The molecule has 4 heterocycles. The van der Waals surface area contributed by atoms with Gasteiger partial charge in [-0.15, -0.1) is 23.2 Å². The van der Waals surface area contributed by atoms with E-state index in [1.54, 1.807) is 36.4 Å². The lowest BCUT2D eigenvalue weighted by atomic mass is 9.86. The highest BCUT2D eigenvalue weighted by molar-refractivity contribution is 6.67. The summed E-state index contributed by atoms with van der Waals surface area (Å²) in [5.41, 5.74) is 23.3. The molecule has 0 aliphatic carbocycles. The molecule has 19 heteroatoms. The Bertz CT molecular complexity index is 3750. The molecule has 0 bridgehead atoms. The van der Waals surface area contributed by atoms with Crippen molar-refractivity contribution < 1.29 is 30.1 Å². The topological polar surface area (TPSA) is 217 Å². The minimum Gasteiger partial charge on any atom is -0.444 e. The number of nitrogens with one attached hydrogen (secondary N) is 4. The van der Waals surface area contributed by atoms with Crippen LogP contribution in [0.4, 0.5) is 43.7 Å². The standard InChI is InChI=1S/C34H35N5O2.C17H20N2O2.C14H20N2.C8H4ClNO2.CH2Cl2.H2/c35-30-16-13-28(26-9-5-2-6-10-26)21-31(30)37-32(40)27-11-14-29(15-12-27)36-33(41)39-20-18-34(24-39)17-19-38(23-34)22-25-7-3-1-4-8-25;1-17(2,3)21-16(20)19-15-10-9-13(11-14(15)18)12-7-5-4-6-8-12;1-2-4-13(5-3-1)10-16-9-7-14(12-16)6-8-15-11-14;9-8(12)6-1-3-7(4-2-6)10-5-11;2-1-3;/h1-16,21H,17-20,22-24,35H2,(H,36,41)(H,37,40);4-11H,18H2,1-3H3,(H,19,20);1-5,15H,6-12H2;1-4H;1H2;1H/i;;;;;1+1. The van der Waals surface area contributed by atoms with Crippen molar-refractivity contribution in [2.75, 3.05) is 85.1 Å². The lowest BCUT2D eigenvalue weighted by molar-refractivity contribution is 0.0635. The molecule has 2 unspecified atom stereocenters. The first-order valence-electron chi connectivity index (χ1n) is 30.9. The zero-order valence-electron chi connectivity index (χ0n) is 52.8. The molecule has 4 saturated heterocycles. The number of halogens is 3. The van der Waals surface area contributed by atoms with Gasteiger partial charge in [-0.05, 0) is 189 Å². The van der Waals surface area contributed by atoms with Crippen LogP contribution in [0.3, 0.4) is 0 Å². The number of ether oxygens (including phenoxy) is 1. The summed E-state index contributed by atoms with van der Waals surface area (Å²) in [6, 6.07) is 65.3. The molecule has 0 radical (unpaired) electrons. The van der Waals surface area contributed by atoms with Crippen LogP contribution in [0.15, 0.2) is 211 Å². The predicted octanol–water partition coefficient (Wildman–Crippen LogP) is 16.2. The number of benzene rings is 8. The molecule has 0 aromatic heterocycles. The Morgan fingerprint density at radius 2 is 1.10 bits per heavy atom. The van der Waals surface area contributed by atoms with Crippen LogP contribution < -0.4 is 32.7 Å². The minimum absolute atomic E-state index is 0. The van der Waals surface area contributed by atoms with Crippen LogP contribution in [0.1, 0.15) is 79.7 Å². The number of rotatable bonds is 12. The van der Waals surface area contributed by atoms with Gasteiger partial charge in [-0.1, -0.05) is 133 Å². The first kappa shape index (κ1) is 70.0. The first-order chi connectivity index (χ1) is 44.8. The van der Waals surface area contributed by atoms with Crippen molar-refractivity contribution in [3.05, 3.63) is 229 Å². The van der Waals surface area contributed by atoms with E-state index in [4.69, 9.17) is 51.0 Å². The fraction of sp³-hybridized carbons (Fsp3) is 0.284. The zero-order chi connectivity index (χ0) is 66.2. The van der Waals surface area contributed by atoms with Gasteiger partial charge in [-0.3, -0.25) is 24.7 Å². The second-order valence-electron chi connectivity index (χ2n) is 24.5. The maximum atomic E-state index is 13.1. The van der Waals surface area contributed by atoms with Crippen LogP contribution in [-0.4, -0.2) is 107 Å². The van der Waals surface area contributed by atoms with Crippen molar-refractivity contribution in [3.63, 3.8) is 0 Å². The van der Waals surface area contributed by atoms with Gasteiger partial charge >= 0.3 is 12.1 Å². The van der Waals surface area contributed by atoms with E-state index in [9.17, 15) is 24.0 Å². The average Bonchev–Trinajstić information content (AvgIpc) is 1.65. The van der Waals surface area contributed by atoms with E-state index in [1.807, 2.05) is 117 Å². The minimum atomic E-state index is -0.539. The second-order valence-corrected chi connectivity index (χ2v) is 25.7. The van der Waals surface area contributed by atoms with E-state index in [0.717, 1.165) is 74.4 Å². The lowest BCUT2D eigenvalue weighted by Crippen LogP contribution is -2.36. The maximum Gasteiger partial charge on any atom is 0.412 e. The highest BCUT2D eigenvalue weighted by Crippen LogP contribution is 2.41. The van der Waals surface area contributed by atoms with Crippen molar-refractivity contribution >= 4 is 98.3 Å². The number of nitrogens with two attached hydrogens (primary N) is 2. The van der Waals surface area contributed by atoms with E-state index in [-0.39, 0.29) is 24.1 Å². The third-order valence-electron chi connectivity index (χ3n) is 16.5. The number of likely N-dealkylation sites (tertiary alicyclic amines) is 3. The molecule has 486 valence electrons. The number of nitrogens with zero attached hydrogens (tertiary/aromatic N) is 4. The van der Waals surface area contributed by atoms with Crippen LogP contribution in [0.2, 0.25) is 0 Å². The molecule has 12 rings (SSSR count). The fourth-order valence-electron chi connectivity index (χ4n) is 11.8. The highest BCUT2D eigenvalue weighted by atomic mass is 35.5. The Morgan fingerprint density at radius 1 is 0.581 bits per heavy atom. The summed E-state index contributed by atoms with van der Waals surface area (Å²) in [4.78, 5) is 68.6. The second kappa shape index (κ2) is 34.2. The molecule has 2 spiro atoms. The van der Waals surface area contributed by atoms with Crippen molar-refractivity contribution in [2.45, 2.75) is 65.1 Å². The lowest BCUT2D eigenvalue weighted by Gasteiger charge is -2.25. The summed E-state index contributed by atoms with van der Waals surface area (Å²) in [5, 5.41) is 11.8. The van der Waals surface area contributed by atoms with Crippen LogP contribution in [0.25, 0.3) is 22.3 Å². The molecule has 4 fully saturated rings. The van der Waals surface area contributed by atoms with E-state index in [1.165, 1.54) is 80.5 Å². The largest absolute Gasteiger partial charge is 0.444 e. The number of carbonyl (C=O) groups is 4. The number of aliphatic imine (C=N–C) groups is 1. The summed E-state index contributed by atoms with van der Waals surface area (Å²) in [7, 11) is 0. The van der Waals surface area contributed by atoms with Gasteiger partial charge in [0.25, 0.3) is 11.1 Å². The molecular formula is C74H83Cl3N10O6. The van der Waals surface area contributed by atoms with Crippen molar-refractivity contribution in [2.24, 2.45) is 15.8 Å². The summed E-state index contributed by atoms with van der Waals surface area (Å²) in [6.45, 7) is 16.2. The van der Waals surface area contributed by atoms with Gasteiger partial charge in [0.15, 0.2) is 0 Å². The van der Waals surface area contributed by atoms with Crippen molar-refractivity contribution in [1.29, 1.82) is 0 Å². The molecule has 2 atom stereocenters. The number of amides is 4. The van der Waals surface area contributed by atoms with E-state index in [2.05, 4.69) is 90.7 Å². The SMILES string of the molecule is CC(C)(C)OC(=O)Nc1ccc(-c2ccccc2)cc1N.ClCCl.Nc1ccc(-c2ccccc2)cc1NC(=O)c1ccc(NC(=O)N2CCC3(CCN(Cc4ccccc4)C3)C2)cc1.O=C=Nc1ccc(C(=O)Cl)cc1.[2HH].c1ccc(CN2CCC3(CCNC3)C2)cc1. The number of alkyl halides is 2. The normalized spacial score (nSPS) is 17.2. The number of urea groups is 1. The van der Waals surface area contributed by atoms with E-state index < -0.39 is 16.9 Å². The van der Waals surface area contributed by atoms with Gasteiger partial charge in [0.05, 0.1) is 33.8 Å². The van der Waals surface area contributed by atoms with Crippen LogP contribution >= 0.6 is 34.8 Å². The Balaban J connectivity index is 0.000000196. The fourth-order valence-corrected chi connectivity index (χ4v) is 11.9. The number of hydrogen-bond acceptors (Lipinski definition) is 12. The first-order valence-corrected chi connectivity index (χ1v) is 32.4. The molecule has 0 saturated carbocycles. The van der Waals surface area contributed by atoms with Crippen molar-refractivity contribution in [3.8, 4) is 22.3 Å². The summed E-state index contributed by atoms with van der Waals surface area (Å²) in [6.07, 6.45) is 5.78. The molecule has 16 nitrogen and oxygen atoms in total.